The second kappa shape index (κ2) is 10.1. The molecule has 27 heavy (non-hydrogen) atoms. The number of benzene rings is 1. The Morgan fingerprint density at radius 1 is 1.37 bits per heavy atom. The molecule has 1 aromatic carbocycles. The van der Waals surface area contributed by atoms with Gasteiger partial charge in [0, 0.05) is 6.54 Å². The van der Waals surface area contributed by atoms with E-state index in [0.29, 0.717) is 31.7 Å². The van der Waals surface area contributed by atoms with Crippen molar-refractivity contribution in [3.05, 3.63) is 27.1 Å². The first kappa shape index (κ1) is 21.7. The Labute approximate surface area is 176 Å². The molecule has 1 aromatic rings. The van der Waals surface area contributed by atoms with E-state index in [0.717, 1.165) is 12.0 Å². The fourth-order valence-electron chi connectivity index (χ4n) is 2.36. The van der Waals surface area contributed by atoms with E-state index < -0.39 is 5.97 Å². The summed E-state index contributed by atoms with van der Waals surface area (Å²) in [7, 11) is 1.50. The Bertz CT molecular complexity index is 781. The first-order valence-corrected chi connectivity index (χ1v) is 10.3. The molecule has 0 unspecified atom stereocenters. The second-order valence-corrected chi connectivity index (χ2v) is 7.99. The number of amides is 1. The lowest BCUT2D eigenvalue weighted by molar-refractivity contribution is -0.145. The van der Waals surface area contributed by atoms with Crippen LogP contribution in [0.25, 0.3) is 6.08 Å². The molecule has 1 heterocycles. The zero-order chi connectivity index (χ0) is 20.0. The van der Waals surface area contributed by atoms with Crippen molar-refractivity contribution in [3.63, 3.8) is 0 Å². The molecule has 0 bridgehead atoms. The van der Waals surface area contributed by atoms with Crippen LogP contribution in [0.4, 0.5) is 0 Å². The zero-order valence-electron chi connectivity index (χ0n) is 15.2. The number of hydrogen-bond donors (Lipinski definition) is 0. The molecule has 0 spiro atoms. The largest absolute Gasteiger partial charge is 0.493 e. The second-order valence-electron chi connectivity index (χ2n) is 5.46. The predicted molar refractivity (Wildman–Crippen MR) is 113 cm³/mol. The molecule has 1 fully saturated rings. The highest BCUT2D eigenvalue weighted by molar-refractivity contribution is 9.10. The Balaban J connectivity index is 2.24. The molecular weight excluding hydrogens is 454 g/mol. The van der Waals surface area contributed by atoms with Crippen molar-refractivity contribution in [1.29, 1.82) is 0 Å². The van der Waals surface area contributed by atoms with E-state index in [1.165, 1.54) is 18.9 Å². The fraction of sp³-hybridized carbons (Fsp3) is 0.389. The third-order valence-electron chi connectivity index (χ3n) is 3.51. The van der Waals surface area contributed by atoms with Gasteiger partial charge in [0.2, 0.25) is 0 Å². The van der Waals surface area contributed by atoms with Crippen LogP contribution in [0.2, 0.25) is 0 Å². The first-order chi connectivity index (χ1) is 12.9. The van der Waals surface area contributed by atoms with Crippen LogP contribution in [0, 0.1) is 0 Å². The summed E-state index contributed by atoms with van der Waals surface area (Å²) in [4.78, 5) is 26.2. The Hall–Kier alpha value is -1.58. The van der Waals surface area contributed by atoms with E-state index in [2.05, 4.69) is 15.9 Å². The molecule has 0 aliphatic carbocycles. The number of thiocarbonyl (C=S) groups is 1. The maximum atomic E-state index is 12.5. The Morgan fingerprint density at radius 2 is 2.11 bits per heavy atom. The highest BCUT2D eigenvalue weighted by Gasteiger charge is 2.31. The van der Waals surface area contributed by atoms with Gasteiger partial charge in [0.1, 0.15) is 4.32 Å². The summed E-state index contributed by atoms with van der Waals surface area (Å²) in [6.45, 7) is 4.40. The number of thioether (sulfide) groups is 1. The molecule has 2 rings (SSSR count). The van der Waals surface area contributed by atoms with Crippen molar-refractivity contribution in [1.82, 2.24) is 4.90 Å². The molecule has 0 radical (unpaired) electrons. The van der Waals surface area contributed by atoms with Gasteiger partial charge in [0.25, 0.3) is 5.91 Å². The highest BCUT2D eigenvalue weighted by atomic mass is 79.9. The molecule has 0 saturated carbocycles. The summed E-state index contributed by atoms with van der Waals surface area (Å²) in [6, 6.07) is 3.52. The van der Waals surface area contributed by atoms with E-state index in [-0.39, 0.29) is 19.1 Å². The van der Waals surface area contributed by atoms with Gasteiger partial charge < -0.3 is 14.2 Å². The van der Waals surface area contributed by atoms with Crippen LogP contribution in [-0.4, -0.2) is 48.0 Å². The minimum Gasteiger partial charge on any atom is -0.493 e. The van der Waals surface area contributed by atoms with Gasteiger partial charge in [-0.25, -0.2) is 4.79 Å². The molecule has 0 atom stereocenters. The van der Waals surface area contributed by atoms with Gasteiger partial charge >= 0.3 is 5.97 Å². The summed E-state index contributed by atoms with van der Waals surface area (Å²) in [5.74, 6) is 0.268. The lowest BCUT2D eigenvalue weighted by Crippen LogP contribution is -2.28. The van der Waals surface area contributed by atoms with Gasteiger partial charge in [-0.05, 0) is 53.0 Å². The normalized spacial score (nSPS) is 15.4. The Kier molecular flexibility index (Phi) is 8.12. The Morgan fingerprint density at radius 3 is 2.74 bits per heavy atom. The third-order valence-corrected chi connectivity index (χ3v) is 5.48. The first-order valence-electron chi connectivity index (χ1n) is 8.32. The molecule has 1 amide bonds. The van der Waals surface area contributed by atoms with Gasteiger partial charge in [-0.15, -0.1) is 0 Å². The molecule has 6 nitrogen and oxygen atoms in total. The van der Waals surface area contributed by atoms with Gasteiger partial charge in [-0.1, -0.05) is 30.9 Å². The monoisotopic (exact) mass is 473 g/mol. The van der Waals surface area contributed by atoms with Crippen molar-refractivity contribution >= 4 is 62.2 Å². The molecule has 1 saturated heterocycles. The predicted octanol–water partition coefficient (Wildman–Crippen LogP) is 4.01. The molecule has 0 N–H and O–H groups in total. The lowest BCUT2D eigenvalue weighted by atomic mass is 10.2. The number of nitrogens with zero attached hydrogens (tertiary/aromatic N) is 1. The van der Waals surface area contributed by atoms with Crippen LogP contribution >= 0.6 is 39.9 Å². The van der Waals surface area contributed by atoms with Crippen LogP contribution in [0.1, 0.15) is 25.8 Å². The van der Waals surface area contributed by atoms with Gasteiger partial charge in [-0.2, -0.15) is 0 Å². The summed E-state index contributed by atoms with van der Waals surface area (Å²) < 4.78 is 16.9. The maximum absolute atomic E-state index is 12.5. The van der Waals surface area contributed by atoms with Gasteiger partial charge in [-0.3, -0.25) is 9.69 Å². The van der Waals surface area contributed by atoms with Crippen LogP contribution < -0.4 is 9.47 Å². The van der Waals surface area contributed by atoms with Gasteiger partial charge in [0.15, 0.2) is 18.1 Å². The minimum absolute atomic E-state index is 0.0930. The number of carbonyl (C=O) groups excluding carboxylic acids is 2. The van der Waals surface area contributed by atoms with E-state index in [1.54, 1.807) is 30.0 Å². The molecule has 1 aliphatic heterocycles. The molecule has 0 aromatic heterocycles. The van der Waals surface area contributed by atoms with Gasteiger partial charge in [0.05, 0.1) is 23.1 Å². The molecule has 1 aliphatic rings. The highest BCUT2D eigenvalue weighted by Crippen LogP contribution is 2.39. The quantitative estimate of drug-likeness (QED) is 0.321. The van der Waals surface area contributed by atoms with Crippen molar-refractivity contribution in [3.8, 4) is 11.5 Å². The number of rotatable bonds is 8. The van der Waals surface area contributed by atoms with E-state index in [1.807, 2.05) is 6.92 Å². The number of esters is 1. The zero-order valence-corrected chi connectivity index (χ0v) is 18.5. The number of hydrogen-bond acceptors (Lipinski definition) is 7. The number of methoxy groups -OCH3 is 1. The van der Waals surface area contributed by atoms with E-state index in [9.17, 15) is 9.59 Å². The van der Waals surface area contributed by atoms with Crippen molar-refractivity contribution in [2.75, 3.05) is 26.9 Å². The summed E-state index contributed by atoms with van der Waals surface area (Å²) in [5, 5.41) is 0. The molecule has 9 heteroatoms. The number of carbonyl (C=O) groups is 2. The van der Waals surface area contributed by atoms with Crippen molar-refractivity contribution in [2.45, 2.75) is 20.3 Å². The average molecular weight is 474 g/mol. The van der Waals surface area contributed by atoms with E-state index >= 15 is 0 Å². The maximum Gasteiger partial charge on any atom is 0.344 e. The number of ether oxygens (including phenoxy) is 3. The average Bonchev–Trinajstić information content (AvgIpc) is 2.88. The fourth-order valence-corrected chi connectivity index (χ4v) is 4.25. The number of halogens is 1. The molecular formula is C18H20BrNO5S2. The van der Waals surface area contributed by atoms with Crippen LogP contribution in [-0.2, 0) is 14.3 Å². The van der Waals surface area contributed by atoms with Crippen LogP contribution in [0.5, 0.6) is 11.5 Å². The summed E-state index contributed by atoms with van der Waals surface area (Å²) >= 11 is 9.99. The SMILES string of the molecule is CCCN1C(=O)/C(=C\c2cc(Br)c(OCC(=O)OCC)c(OC)c2)SC1=S. The summed E-state index contributed by atoms with van der Waals surface area (Å²) in [6.07, 6.45) is 2.60. The third kappa shape index (κ3) is 5.46. The van der Waals surface area contributed by atoms with Crippen molar-refractivity contribution in [2.24, 2.45) is 0 Å². The molecule has 146 valence electrons. The van der Waals surface area contributed by atoms with Crippen LogP contribution in [0.15, 0.2) is 21.5 Å². The lowest BCUT2D eigenvalue weighted by Gasteiger charge is -2.13. The van der Waals surface area contributed by atoms with Crippen LogP contribution in [0.3, 0.4) is 0 Å². The smallest absolute Gasteiger partial charge is 0.344 e. The van der Waals surface area contributed by atoms with E-state index in [4.69, 9.17) is 26.4 Å². The van der Waals surface area contributed by atoms with Crippen molar-refractivity contribution < 1.29 is 23.8 Å². The standard InChI is InChI=1S/C18H20BrNO5S2/c1-4-6-20-17(22)14(27-18(20)26)9-11-7-12(19)16(13(8-11)23-3)25-10-15(21)24-5-2/h7-9H,4-6,10H2,1-3H3/b14-9+. The topological polar surface area (TPSA) is 65.1 Å². The minimum atomic E-state index is -0.463. The summed E-state index contributed by atoms with van der Waals surface area (Å²) in [5.41, 5.74) is 0.749.